The molecule has 0 N–H and O–H groups in total. The van der Waals surface area contributed by atoms with Gasteiger partial charge in [-0.25, -0.2) is 13.8 Å². The normalized spacial score (nSPS) is 16.5. The van der Waals surface area contributed by atoms with Gasteiger partial charge in [0.25, 0.3) is 5.56 Å². The zero-order valence-corrected chi connectivity index (χ0v) is 19.3. The summed E-state index contributed by atoms with van der Waals surface area (Å²) in [4.78, 5) is 33.2. The van der Waals surface area contributed by atoms with Crippen molar-refractivity contribution >= 4 is 29.0 Å². The van der Waals surface area contributed by atoms with Gasteiger partial charge in [0.05, 0.1) is 35.1 Å². The lowest BCUT2D eigenvalue weighted by Gasteiger charge is -2.49. The molecule has 0 aliphatic carbocycles. The molecular weight excluding hydrogens is 484 g/mol. The number of pyridine rings is 1. The number of ether oxygens (including phenoxy) is 1. The van der Waals surface area contributed by atoms with Crippen LogP contribution in [0.1, 0.15) is 6.42 Å². The molecule has 2 aliphatic heterocycles. The standard InChI is InChI=1S/C23H18Cl2FN5O3/c24-15-5-14(6-17(26)7-15)19-20(29-11-23(12-29)1-4-34-13-23)30(3-2-27)22(33)31(21(19)32)18-8-16(25)9-28-10-18/h5-10H,1,3-4,11-13H2. The van der Waals surface area contributed by atoms with E-state index in [9.17, 15) is 19.2 Å². The van der Waals surface area contributed by atoms with Crippen LogP contribution < -0.4 is 16.1 Å². The average molecular weight is 502 g/mol. The summed E-state index contributed by atoms with van der Waals surface area (Å²) in [7, 11) is 0. The summed E-state index contributed by atoms with van der Waals surface area (Å²) in [6.45, 7) is 1.98. The third-order valence-electron chi connectivity index (χ3n) is 6.18. The van der Waals surface area contributed by atoms with Crippen molar-refractivity contribution < 1.29 is 9.13 Å². The first-order valence-corrected chi connectivity index (χ1v) is 11.2. The fraction of sp³-hybridized carbons (Fsp3) is 0.304. The minimum atomic E-state index is -0.722. The van der Waals surface area contributed by atoms with E-state index < -0.39 is 17.1 Å². The predicted octanol–water partition coefficient (Wildman–Crippen LogP) is 3.26. The van der Waals surface area contributed by atoms with Crippen LogP contribution in [0.3, 0.4) is 0 Å². The zero-order valence-electron chi connectivity index (χ0n) is 17.8. The molecule has 3 aromatic rings. The summed E-state index contributed by atoms with van der Waals surface area (Å²) >= 11 is 12.2. The van der Waals surface area contributed by atoms with Gasteiger partial charge in [0.15, 0.2) is 0 Å². The highest BCUT2D eigenvalue weighted by Crippen LogP contribution is 2.43. The second-order valence-electron chi connectivity index (χ2n) is 8.54. The monoisotopic (exact) mass is 501 g/mol. The fourth-order valence-corrected chi connectivity index (χ4v) is 5.09. The quantitative estimate of drug-likeness (QED) is 0.544. The molecule has 5 rings (SSSR count). The number of hydrogen-bond acceptors (Lipinski definition) is 6. The maximum atomic E-state index is 14.3. The van der Waals surface area contributed by atoms with Crippen LogP contribution in [-0.2, 0) is 11.3 Å². The molecule has 0 amide bonds. The molecule has 2 aromatic heterocycles. The van der Waals surface area contributed by atoms with Crippen LogP contribution in [0.4, 0.5) is 10.2 Å². The Labute approximate surface area is 203 Å². The highest BCUT2D eigenvalue weighted by atomic mass is 35.5. The van der Waals surface area contributed by atoms with E-state index in [1.165, 1.54) is 35.2 Å². The SMILES string of the molecule is N#CCn1c(N2CC3(CCOC3)C2)c(-c2cc(F)cc(Cl)c2)c(=O)n(-c2cncc(Cl)c2)c1=O. The lowest BCUT2D eigenvalue weighted by molar-refractivity contribution is 0.130. The molecule has 0 atom stereocenters. The number of aromatic nitrogens is 3. The lowest BCUT2D eigenvalue weighted by atomic mass is 9.79. The Morgan fingerprint density at radius 2 is 1.94 bits per heavy atom. The highest BCUT2D eigenvalue weighted by molar-refractivity contribution is 6.31. The fourth-order valence-electron chi connectivity index (χ4n) is 4.70. The number of hydrogen-bond donors (Lipinski definition) is 0. The summed E-state index contributed by atoms with van der Waals surface area (Å²) in [6, 6.07) is 7.19. The van der Waals surface area contributed by atoms with Gasteiger partial charge in [0, 0.05) is 36.3 Å². The lowest BCUT2D eigenvalue weighted by Crippen LogP contribution is -2.59. The number of anilines is 1. The molecule has 4 heterocycles. The van der Waals surface area contributed by atoms with Crippen molar-refractivity contribution in [3.63, 3.8) is 0 Å². The van der Waals surface area contributed by atoms with Crippen LogP contribution in [0.5, 0.6) is 0 Å². The molecule has 11 heteroatoms. The van der Waals surface area contributed by atoms with Gasteiger partial charge in [0.1, 0.15) is 18.2 Å². The largest absolute Gasteiger partial charge is 0.381 e. The molecule has 0 unspecified atom stereocenters. The Hall–Kier alpha value is -3.19. The van der Waals surface area contributed by atoms with E-state index in [1.807, 2.05) is 11.0 Å². The van der Waals surface area contributed by atoms with Crippen molar-refractivity contribution in [2.24, 2.45) is 5.41 Å². The van der Waals surface area contributed by atoms with E-state index in [-0.39, 0.29) is 44.6 Å². The highest BCUT2D eigenvalue weighted by Gasteiger charge is 2.47. The molecule has 0 radical (unpaired) electrons. The predicted molar refractivity (Wildman–Crippen MR) is 125 cm³/mol. The molecule has 34 heavy (non-hydrogen) atoms. The maximum Gasteiger partial charge on any atom is 0.338 e. The van der Waals surface area contributed by atoms with E-state index in [1.54, 1.807) is 0 Å². The van der Waals surface area contributed by atoms with Gasteiger partial charge in [-0.3, -0.25) is 14.3 Å². The van der Waals surface area contributed by atoms with Gasteiger partial charge in [-0.15, -0.1) is 0 Å². The molecule has 0 saturated carbocycles. The van der Waals surface area contributed by atoms with E-state index in [0.717, 1.165) is 17.1 Å². The molecule has 1 aromatic carbocycles. The Kier molecular flexibility index (Phi) is 5.68. The van der Waals surface area contributed by atoms with E-state index >= 15 is 0 Å². The first-order chi connectivity index (χ1) is 16.3. The minimum absolute atomic E-state index is 0.0602. The second kappa shape index (κ2) is 8.55. The molecule has 2 fully saturated rings. The van der Waals surface area contributed by atoms with Gasteiger partial charge in [-0.2, -0.15) is 5.26 Å². The average Bonchev–Trinajstić information content (AvgIpc) is 3.24. The van der Waals surface area contributed by atoms with Crippen molar-refractivity contribution in [3.05, 3.63) is 73.4 Å². The van der Waals surface area contributed by atoms with Crippen molar-refractivity contribution in [1.29, 1.82) is 5.26 Å². The molecule has 0 bridgehead atoms. The van der Waals surface area contributed by atoms with Crippen LogP contribution in [0, 0.1) is 22.6 Å². The first-order valence-electron chi connectivity index (χ1n) is 10.5. The van der Waals surface area contributed by atoms with Gasteiger partial charge >= 0.3 is 5.69 Å². The Balaban J connectivity index is 1.81. The summed E-state index contributed by atoms with van der Waals surface area (Å²) < 4.78 is 22.0. The van der Waals surface area contributed by atoms with E-state index in [2.05, 4.69) is 4.98 Å². The zero-order chi connectivity index (χ0) is 24.0. The Bertz CT molecular complexity index is 1430. The van der Waals surface area contributed by atoms with Crippen LogP contribution in [0.2, 0.25) is 10.0 Å². The summed E-state index contributed by atoms with van der Waals surface area (Å²) in [5.41, 5.74) is -1.09. The van der Waals surface area contributed by atoms with Crippen molar-refractivity contribution in [1.82, 2.24) is 14.1 Å². The van der Waals surface area contributed by atoms with Gasteiger partial charge in [-0.05, 0) is 36.2 Å². The third-order valence-corrected chi connectivity index (χ3v) is 6.61. The molecular formula is C23H18Cl2FN5O3. The smallest absolute Gasteiger partial charge is 0.338 e. The van der Waals surface area contributed by atoms with Crippen LogP contribution in [-0.4, -0.2) is 40.4 Å². The molecule has 1 spiro atoms. The Morgan fingerprint density at radius 3 is 2.59 bits per heavy atom. The summed E-state index contributed by atoms with van der Waals surface area (Å²) in [5, 5.41) is 9.84. The first kappa shape index (κ1) is 22.6. The number of nitriles is 1. The number of nitrogens with zero attached hydrogens (tertiary/aromatic N) is 5. The van der Waals surface area contributed by atoms with Crippen molar-refractivity contribution in [2.45, 2.75) is 13.0 Å². The number of benzene rings is 1. The topological polar surface area (TPSA) is 93.2 Å². The minimum Gasteiger partial charge on any atom is -0.381 e. The van der Waals surface area contributed by atoms with Crippen molar-refractivity contribution in [3.8, 4) is 22.9 Å². The number of halogens is 3. The molecule has 2 saturated heterocycles. The van der Waals surface area contributed by atoms with Crippen molar-refractivity contribution in [2.75, 3.05) is 31.2 Å². The van der Waals surface area contributed by atoms with E-state index in [4.69, 9.17) is 27.9 Å². The molecule has 8 nitrogen and oxygen atoms in total. The maximum absolute atomic E-state index is 14.3. The summed E-state index contributed by atoms with van der Waals surface area (Å²) in [6.07, 6.45) is 3.55. The number of rotatable bonds is 4. The van der Waals surface area contributed by atoms with Gasteiger partial charge in [-0.1, -0.05) is 23.2 Å². The third kappa shape index (κ3) is 3.78. The summed E-state index contributed by atoms with van der Waals surface area (Å²) in [5.74, 6) is -0.381. The molecule has 2 aliphatic rings. The van der Waals surface area contributed by atoms with Gasteiger partial charge in [0.2, 0.25) is 0 Å². The van der Waals surface area contributed by atoms with Crippen LogP contribution in [0.25, 0.3) is 16.8 Å². The van der Waals surface area contributed by atoms with Crippen LogP contribution in [0.15, 0.2) is 46.2 Å². The van der Waals surface area contributed by atoms with E-state index in [0.29, 0.717) is 26.3 Å². The second-order valence-corrected chi connectivity index (χ2v) is 9.42. The van der Waals surface area contributed by atoms with Crippen LogP contribution >= 0.6 is 23.2 Å². The van der Waals surface area contributed by atoms with Gasteiger partial charge < -0.3 is 9.64 Å². The molecule has 174 valence electrons. The Morgan fingerprint density at radius 1 is 1.15 bits per heavy atom.